The first-order valence-electron chi connectivity index (χ1n) is 10.5. The van der Waals surface area contributed by atoms with Gasteiger partial charge in [-0.15, -0.1) is 0 Å². The van der Waals surface area contributed by atoms with Crippen LogP contribution in [0, 0.1) is 0 Å². The lowest BCUT2D eigenvalue weighted by Gasteiger charge is -2.04. The molecule has 0 unspecified atom stereocenters. The van der Waals surface area contributed by atoms with E-state index < -0.39 is 0 Å². The van der Waals surface area contributed by atoms with Crippen molar-refractivity contribution in [2.75, 3.05) is 13.7 Å². The molecule has 0 spiro atoms. The van der Waals surface area contributed by atoms with Crippen LogP contribution >= 0.6 is 11.8 Å². The van der Waals surface area contributed by atoms with Crippen LogP contribution in [0.3, 0.4) is 0 Å². The molecule has 2 aromatic heterocycles. The van der Waals surface area contributed by atoms with E-state index in [0.29, 0.717) is 22.4 Å². The highest BCUT2D eigenvalue weighted by Gasteiger charge is 2.24. The molecule has 6 nitrogen and oxygen atoms in total. The second-order valence-corrected chi connectivity index (χ2v) is 8.50. The number of hydrogen-bond donors (Lipinski definition) is 1. The lowest BCUT2D eigenvalue weighted by Crippen LogP contribution is -2.20. The molecule has 4 aromatic rings. The fourth-order valence-corrected chi connectivity index (χ4v) is 4.42. The number of aromatic nitrogens is 1. The Morgan fingerprint density at radius 2 is 1.94 bits per heavy atom. The van der Waals surface area contributed by atoms with E-state index in [2.05, 4.69) is 27.4 Å². The summed E-state index contributed by atoms with van der Waals surface area (Å²) in [6.45, 7) is 0.613. The molecular formula is C26H21N3O3S. The first-order valence-corrected chi connectivity index (χ1v) is 11.3. The monoisotopic (exact) mass is 455 g/mol. The van der Waals surface area contributed by atoms with Crippen molar-refractivity contribution in [3.05, 3.63) is 89.3 Å². The number of amides is 1. The van der Waals surface area contributed by atoms with Gasteiger partial charge in [0.05, 0.1) is 12.0 Å². The normalized spacial score (nSPS) is 16.0. The van der Waals surface area contributed by atoms with Crippen molar-refractivity contribution >= 4 is 39.9 Å². The van der Waals surface area contributed by atoms with Gasteiger partial charge in [0.25, 0.3) is 5.91 Å². The summed E-state index contributed by atoms with van der Waals surface area (Å²) in [6.07, 6.45) is 6.10. The van der Waals surface area contributed by atoms with Crippen LogP contribution in [0.1, 0.15) is 11.3 Å². The van der Waals surface area contributed by atoms with E-state index in [1.807, 2.05) is 48.5 Å². The summed E-state index contributed by atoms with van der Waals surface area (Å²) < 4.78 is 11.4. The minimum absolute atomic E-state index is 0.174. The number of furan rings is 1. The van der Waals surface area contributed by atoms with E-state index in [9.17, 15) is 4.79 Å². The molecule has 0 aliphatic carbocycles. The number of carbonyl (C=O) groups is 1. The van der Waals surface area contributed by atoms with Gasteiger partial charge in [-0.05, 0) is 47.5 Å². The number of methoxy groups -OCH3 is 1. The van der Waals surface area contributed by atoms with Crippen LogP contribution in [-0.2, 0) is 11.2 Å². The van der Waals surface area contributed by atoms with Crippen molar-refractivity contribution in [2.45, 2.75) is 6.42 Å². The Bertz CT molecular complexity index is 1360. The predicted octanol–water partition coefficient (Wildman–Crippen LogP) is 5.31. The Kier molecular flexibility index (Phi) is 5.95. The smallest absolute Gasteiger partial charge is 0.264 e. The molecule has 164 valence electrons. The van der Waals surface area contributed by atoms with E-state index in [0.717, 1.165) is 34.3 Å². The molecule has 1 amide bonds. The summed E-state index contributed by atoms with van der Waals surface area (Å²) >= 11 is 1.32. The van der Waals surface area contributed by atoms with E-state index in [4.69, 9.17) is 9.15 Å². The highest BCUT2D eigenvalue weighted by Crippen LogP contribution is 2.33. The number of amidine groups is 1. The molecule has 7 heteroatoms. The van der Waals surface area contributed by atoms with Crippen LogP contribution < -0.4 is 10.1 Å². The molecule has 0 radical (unpaired) electrons. The summed E-state index contributed by atoms with van der Waals surface area (Å²) in [5, 5.41) is 4.31. The Labute approximate surface area is 195 Å². The molecule has 1 aliphatic rings. The summed E-state index contributed by atoms with van der Waals surface area (Å²) in [7, 11) is 1.64. The molecule has 1 fully saturated rings. The minimum atomic E-state index is -0.174. The SMILES string of the molecule is COc1ccc(-c2cncc3cc(/C=C4\SC(=NCCc5ccccc5)NC4=O)oc23)cc1. The molecule has 0 atom stereocenters. The van der Waals surface area contributed by atoms with E-state index >= 15 is 0 Å². The third kappa shape index (κ3) is 4.68. The number of benzene rings is 2. The van der Waals surface area contributed by atoms with E-state index in [1.165, 1.54) is 17.3 Å². The Morgan fingerprint density at radius 3 is 2.73 bits per heavy atom. The zero-order chi connectivity index (χ0) is 22.6. The van der Waals surface area contributed by atoms with Crippen molar-refractivity contribution in [1.29, 1.82) is 0 Å². The fraction of sp³-hybridized carbons (Fsp3) is 0.115. The number of carbonyl (C=O) groups excluding carboxylic acids is 1. The molecule has 0 saturated carbocycles. The number of fused-ring (bicyclic) bond motifs is 1. The number of hydrogen-bond acceptors (Lipinski definition) is 6. The maximum Gasteiger partial charge on any atom is 0.264 e. The molecule has 1 N–H and O–H groups in total. The Morgan fingerprint density at radius 1 is 1.12 bits per heavy atom. The van der Waals surface area contributed by atoms with Gasteiger partial charge in [-0.1, -0.05) is 42.5 Å². The Balaban J connectivity index is 1.35. The minimum Gasteiger partial charge on any atom is -0.497 e. The molecule has 0 bridgehead atoms. The second kappa shape index (κ2) is 9.34. The predicted molar refractivity (Wildman–Crippen MR) is 132 cm³/mol. The second-order valence-electron chi connectivity index (χ2n) is 7.47. The molecule has 3 heterocycles. The third-order valence-corrected chi connectivity index (χ3v) is 6.21. The number of thioether (sulfide) groups is 1. The molecule has 2 aromatic carbocycles. The number of nitrogens with zero attached hydrogens (tertiary/aromatic N) is 2. The van der Waals surface area contributed by atoms with Crippen molar-refractivity contribution < 1.29 is 13.9 Å². The van der Waals surface area contributed by atoms with Crippen LogP contribution in [0.2, 0.25) is 0 Å². The fourth-order valence-electron chi connectivity index (χ4n) is 3.59. The largest absolute Gasteiger partial charge is 0.497 e. The molecule has 1 aliphatic heterocycles. The molecule has 1 saturated heterocycles. The maximum absolute atomic E-state index is 12.4. The van der Waals surface area contributed by atoms with Crippen LogP contribution in [0.4, 0.5) is 0 Å². The topological polar surface area (TPSA) is 76.7 Å². The van der Waals surface area contributed by atoms with Crippen molar-refractivity contribution in [3.63, 3.8) is 0 Å². The lowest BCUT2D eigenvalue weighted by atomic mass is 10.1. The van der Waals surface area contributed by atoms with E-state index in [1.54, 1.807) is 25.6 Å². The standard InChI is InChI=1S/C26H21N3O3S/c1-31-20-9-7-18(8-10-20)22-16-27-15-19-13-21(32-24(19)22)14-23-25(30)29-26(33-23)28-12-11-17-5-3-2-4-6-17/h2-10,13-16H,11-12H2,1H3,(H,28,29,30)/b23-14-. The van der Waals surface area contributed by atoms with Crippen LogP contribution in [0.25, 0.3) is 28.2 Å². The Hall–Kier alpha value is -3.84. The molecular weight excluding hydrogens is 434 g/mol. The number of pyridine rings is 1. The summed E-state index contributed by atoms with van der Waals surface area (Å²) in [5.74, 6) is 1.21. The van der Waals surface area contributed by atoms with Gasteiger partial charge in [-0.3, -0.25) is 14.8 Å². The van der Waals surface area contributed by atoms with Gasteiger partial charge < -0.3 is 14.5 Å². The lowest BCUT2D eigenvalue weighted by molar-refractivity contribution is -0.115. The number of aliphatic imine (C=N–C) groups is 1. The highest BCUT2D eigenvalue weighted by atomic mass is 32.2. The maximum atomic E-state index is 12.4. The first-order chi connectivity index (χ1) is 16.2. The van der Waals surface area contributed by atoms with Gasteiger partial charge in [0.1, 0.15) is 17.1 Å². The average molecular weight is 456 g/mol. The van der Waals surface area contributed by atoms with Crippen LogP contribution in [0.15, 0.2) is 87.4 Å². The third-order valence-electron chi connectivity index (χ3n) is 5.27. The average Bonchev–Trinajstić information content (AvgIpc) is 3.42. The number of rotatable bonds is 6. The number of ether oxygens (including phenoxy) is 1. The summed E-state index contributed by atoms with van der Waals surface area (Å²) in [4.78, 5) is 21.9. The highest BCUT2D eigenvalue weighted by molar-refractivity contribution is 8.18. The first kappa shape index (κ1) is 21.0. The van der Waals surface area contributed by atoms with Gasteiger partial charge in [0.2, 0.25) is 0 Å². The van der Waals surface area contributed by atoms with Gasteiger partial charge in [0.15, 0.2) is 5.17 Å². The summed E-state index contributed by atoms with van der Waals surface area (Å²) in [5.41, 5.74) is 3.80. The van der Waals surface area contributed by atoms with Crippen molar-refractivity contribution in [2.24, 2.45) is 4.99 Å². The van der Waals surface area contributed by atoms with Gasteiger partial charge >= 0.3 is 0 Å². The number of nitrogens with one attached hydrogen (secondary N) is 1. The van der Waals surface area contributed by atoms with E-state index in [-0.39, 0.29) is 5.91 Å². The summed E-state index contributed by atoms with van der Waals surface area (Å²) in [6, 6.07) is 19.8. The van der Waals surface area contributed by atoms with Crippen molar-refractivity contribution in [1.82, 2.24) is 10.3 Å². The zero-order valence-electron chi connectivity index (χ0n) is 17.9. The van der Waals surface area contributed by atoms with Crippen LogP contribution in [0.5, 0.6) is 5.75 Å². The van der Waals surface area contributed by atoms with Crippen LogP contribution in [-0.4, -0.2) is 29.7 Å². The quantitative estimate of drug-likeness (QED) is 0.399. The zero-order valence-corrected chi connectivity index (χ0v) is 18.8. The molecule has 33 heavy (non-hydrogen) atoms. The van der Waals surface area contributed by atoms with Crippen molar-refractivity contribution in [3.8, 4) is 16.9 Å². The van der Waals surface area contributed by atoms with Gasteiger partial charge in [-0.2, -0.15) is 0 Å². The van der Waals surface area contributed by atoms with Gasteiger partial charge in [-0.25, -0.2) is 0 Å². The molecule has 5 rings (SSSR count). The van der Waals surface area contributed by atoms with Gasteiger partial charge in [0, 0.05) is 36.0 Å².